The summed E-state index contributed by atoms with van der Waals surface area (Å²) >= 11 is 0. The highest BCUT2D eigenvalue weighted by molar-refractivity contribution is 5.88. The lowest BCUT2D eigenvalue weighted by Gasteiger charge is -2.19. The number of hydrogen-bond donors (Lipinski definition) is 3. The summed E-state index contributed by atoms with van der Waals surface area (Å²) in [5, 5.41) is 11.7. The van der Waals surface area contributed by atoms with Crippen molar-refractivity contribution < 1.29 is 14.7 Å². The lowest BCUT2D eigenvalue weighted by molar-refractivity contribution is -0.142. The minimum atomic E-state index is -1.00. The summed E-state index contributed by atoms with van der Waals surface area (Å²) in [7, 11) is 0. The molecule has 0 saturated carbocycles. The van der Waals surface area contributed by atoms with E-state index in [4.69, 9.17) is 10.8 Å². The molecular formula is C15H22N2O3. The number of hydrogen-bond acceptors (Lipinski definition) is 3. The Labute approximate surface area is 119 Å². The topological polar surface area (TPSA) is 92.4 Å². The van der Waals surface area contributed by atoms with E-state index in [0.29, 0.717) is 6.42 Å². The molecule has 0 aliphatic heterocycles. The van der Waals surface area contributed by atoms with Gasteiger partial charge in [0.2, 0.25) is 5.91 Å². The van der Waals surface area contributed by atoms with Crippen LogP contribution in [-0.2, 0) is 9.59 Å². The first-order valence-corrected chi connectivity index (χ1v) is 6.88. The van der Waals surface area contributed by atoms with Crippen LogP contribution >= 0.6 is 0 Å². The summed E-state index contributed by atoms with van der Waals surface area (Å²) in [4.78, 5) is 23.3. The maximum Gasteiger partial charge on any atom is 0.326 e. The van der Waals surface area contributed by atoms with Crippen molar-refractivity contribution in [2.75, 3.05) is 6.54 Å². The molecule has 0 radical (unpaired) electrons. The molecule has 1 rings (SSSR count). The second kappa shape index (κ2) is 8.32. The Morgan fingerprint density at radius 3 is 2.45 bits per heavy atom. The van der Waals surface area contributed by atoms with E-state index in [1.165, 1.54) is 0 Å². The highest BCUT2D eigenvalue weighted by Gasteiger charge is 2.25. The molecule has 0 aromatic heterocycles. The van der Waals surface area contributed by atoms with Crippen molar-refractivity contribution in [3.05, 3.63) is 35.9 Å². The predicted molar refractivity (Wildman–Crippen MR) is 77.3 cm³/mol. The van der Waals surface area contributed by atoms with Gasteiger partial charge < -0.3 is 16.2 Å². The summed E-state index contributed by atoms with van der Waals surface area (Å²) in [5.41, 5.74) is 6.45. The smallest absolute Gasteiger partial charge is 0.326 e. The highest BCUT2D eigenvalue weighted by atomic mass is 16.4. The SMILES string of the molecule is CCCCC(NC(=O)C(CN)c1ccccc1)C(=O)O. The fraction of sp³-hybridized carbons (Fsp3) is 0.467. The fourth-order valence-corrected chi connectivity index (χ4v) is 2.02. The number of carbonyl (C=O) groups is 2. The number of nitrogens with one attached hydrogen (secondary N) is 1. The summed E-state index contributed by atoms with van der Waals surface area (Å²) in [5.74, 6) is -1.85. The molecule has 0 heterocycles. The molecule has 0 spiro atoms. The first-order valence-electron chi connectivity index (χ1n) is 6.88. The Bertz CT molecular complexity index is 434. The van der Waals surface area contributed by atoms with Gasteiger partial charge in [-0.15, -0.1) is 0 Å². The van der Waals surface area contributed by atoms with E-state index in [0.717, 1.165) is 18.4 Å². The number of amides is 1. The maximum absolute atomic E-state index is 12.2. The molecule has 4 N–H and O–H groups in total. The third-order valence-electron chi connectivity index (χ3n) is 3.22. The van der Waals surface area contributed by atoms with Crippen LogP contribution in [0.1, 0.15) is 37.7 Å². The number of carboxylic acids is 1. The van der Waals surface area contributed by atoms with Crippen molar-refractivity contribution >= 4 is 11.9 Å². The lowest BCUT2D eigenvalue weighted by atomic mass is 9.97. The van der Waals surface area contributed by atoms with Crippen molar-refractivity contribution in [2.24, 2.45) is 5.73 Å². The number of aliphatic carboxylic acids is 1. The van der Waals surface area contributed by atoms with Crippen LogP contribution < -0.4 is 11.1 Å². The van der Waals surface area contributed by atoms with Crippen molar-refractivity contribution in [1.29, 1.82) is 0 Å². The van der Waals surface area contributed by atoms with E-state index in [1.54, 1.807) is 0 Å². The zero-order valence-electron chi connectivity index (χ0n) is 11.7. The van der Waals surface area contributed by atoms with E-state index < -0.39 is 17.9 Å². The van der Waals surface area contributed by atoms with Crippen LogP contribution in [0, 0.1) is 0 Å². The molecular weight excluding hydrogens is 256 g/mol. The Morgan fingerprint density at radius 1 is 1.30 bits per heavy atom. The second-order valence-electron chi connectivity index (χ2n) is 4.74. The Balaban J connectivity index is 2.73. The number of rotatable bonds is 8. The first kappa shape index (κ1) is 16.2. The summed E-state index contributed by atoms with van der Waals surface area (Å²) in [6.45, 7) is 2.13. The molecule has 5 heteroatoms. The molecule has 0 aliphatic rings. The lowest BCUT2D eigenvalue weighted by Crippen LogP contribution is -2.44. The molecule has 0 bridgehead atoms. The van der Waals surface area contributed by atoms with Gasteiger partial charge in [-0.3, -0.25) is 4.79 Å². The van der Waals surface area contributed by atoms with Gasteiger partial charge in [0, 0.05) is 6.54 Å². The number of unbranched alkanes of at least 4 members (excludes halogenated alkanes) is 1. The minimum absolute atomic E-state index is 0.149. The predicted octanol–water partition coefficient (Wildman–Crippen LogP) is 1.49. The van der Waals surface area contributed by atoms with Crippen molar-refractivity contribution in [3.63, 3.8) is 0 Å². The quantitative estimate of drug-likeness (QED) is 0.671. The van der Waals surface area contributed by atoms with Gasteiger partial charge in [-0.25, -0.2) is 4.79 Å². The second-order valence-corrected chi connectivity index (χ2v) is 4.74. The molecule has 0 aliphatic carbocycles. The van der Waals surface area contributed by atoms with Gasteiger partial charge >= 0.3 is 5.97 Å². The van der Waals surface area contributed by atoms with Gasteiger partial charge in [-0.2, -0.15) is 0 Å². The first-order chi connectivity index (χ1) is 9.60. The molecule has 20 heavy (non-hydrogen) atoms. The van der Waals surface area contributed by atoms with Crippen LogP contribution in [0.15, 0.2) is 30.3 Å². The van der Waals surface area contributed by atoms with E-state index >= 15 is 0 Å². The van der Waals surface area contributed by atoms with Crippen LogP contribution in [0.4, 0.5) is 0 Å². The summed E-state index contributed by atoms with van der Waals surface area (Å²) in [6.07, 6.45) is 2.08. The average molecular weight is 278 g/mol. The molecule has 1 aromatic rings. The van der Waals surface area contributed by atoms with Crippen LogP contribution in [0.25, 0.3) is 0 Å². The normalized spacial score (nSPS) is 13.5. The fourth-order valence-electron chi connectivity index (χ4n) is 2.02. The van der Waals surface area contributed by atoms with Crippen molar-refractivity contribution in [1.82, 2.24) is 5.32 Å². The third kappa shape index (κ3) is 4.66. The zero-order chi connectivity index (χ0) is 15.0. The summed E-state index contributed by atoms with van der Waals surface area (Å²) < 4.78 is 0. The van der Waals surface area contributed by atoms with Gasteiger partial charge in [-0.1, -0.05) is 50.1 Å². The van der Waals surface area contributed by atoms with Gasteiger partial charge in [0.05, 0.1) is 5.92 Å². The Hall–Kier alpha value is -1.88. The molecule has 0 saturated heterocycles. The van der Waals surface area contributed by atoms with Gasteiger partial charge in [0.25, 0.3) is 0 Å². The molecule has 1 aromatic carbocycles. The zero-order valence-corrected chi connectivity index (χ0v) is 11.7. The van der Waals surface area contributed by atoms with Crippen LogP contribution in [0.5, 0.6) is 0 Å². The Morgan fingerprint density at radius 2 is 1.95 bits per heavy atom. The summed E-state index contributed by atoms with van der Waals surface area (Å²) in [6, 6.07) is 8.31. The maximum atomic E-state index is 12.2. The standard InChI is InChI=1S/C15H22N2O3/c1-2-3-9-13(15(19)20)17-14(18)12(10-16)11-7-5-4-6-8-11/h4-8,12-13H,2-3,9-10,16H2,1H3,(H,17,18)(H,19,20). The monoisotopic (exact) mass is 278 g/mol. The number of nitrogens with two attached hydrogens (primary N) is 1. The number of benzene rings is 1. The molecule has 5 nitrogen and oxygen atoms in total. The number of carbonyl (C=O) groups excluding carboxylic acids is 1. The van der Waals surface area contributed by atoms with Crippen molar-refractivity contribution in [3.8, 4) is 0 Å². The van der Waals surface area contributed by atoms with E-state index in [1.807, 2.05) is 37.3 Å². The largest absolute Gasteiger partial charge is 0.480 e. The van der Waals surface area contributed by atoms with Crippen molar-refractivity contribution in [2.45, 2.75) is 38.1 Å². The van der Waals surface area contributed by atoms with E-state index in [-0.39, 0.29) is 12.5 Å². The Kier molecular flexibility index (Phi) is 6.73. The van der Waals surface area contributed by atoms with Gasteiger partial charge in [-0.05, 0) is 12.0 Å². The average Bonchev–Trinajstić information content (AvgIpc) is 2.45. The molecule has 110 valence electrons. The van der Waals surface area contributed by atoms with Crippen LogP contribution in [0.2, 0.25) is 0 Å². The van der Waals surface area contributed by atoms with Crippen LogP contribution in [-0.4, -0.2) is 29.6 Å². The van der Waals surface area contributed by atoms with Crippen LogP contribution in [0.3, 0.4) is 0 Å². The molecule has 2 unspecified atom stereocenters. The molecule has 1 amide bonds. The van der Waals surface area contributed by atoms with E-state index in [2.05, 4.69) is 5.32 Å². The minimum Gasteiger partial charge on any atom is -0.480 e. The van der Waals surface area contributed by atoms with E-state index in [9.17, 15) is 9.59 Å². The van der Waals surface area contributed by atoms with Gasteiger partial charge in [0.15, 0.2) is 0 Å². The molecule has 2 atom stereocenters. The third-order valence-corrected chi connectivity index (χ3v) is 3.22. The number of carboxylic acid groups (broad SMARTS) is 1. The van der Waals surface area contributed by atoms with Gasteiger partial charge in [0.1, 0.15) is 6.04 Å². The molecule has 0 fully saturated rings. The highest BCUT2D eigenvalue weighted by Crippen LogP contribution is 2.15.